The van der Waals surface area contributed by atoms with Crippen LogP contribution in [0.25, 0.3) is 6.08 Å². The van der Waals surface area contributed by atoms with Crippen LogP contribution in [0.4, 0.5) is 0 Å². The van der Waals surface area contributed by atoms with Gasteiger partial charge in [-0.1, -0.05) is 6.07 Å². The van der Waals surface area contributed by atoms with E-state index in [1.165, 1.54) is 19.3 Å². The summed E-state index contributed by atoms with van der Waals surface area (Å²) in [7, 11) is 1.48. The van der Waals surface area contributed by atoms with Crippen LogP contribution in [0.5, 0.6) is 11.5 Å². The zero-order valence-corrected chi connectivity index (χ0v) is 11.1. The molecule has 5 heteroatoms. The summed E-state index contributed by atoms with van der Waals surface area (Å²) in [5.74, 6) is 0.306. The summed E-state index contributed by atoms with van der Waals surface area (Å²) in [4.78, 5) is 11.5. The van der Waals surface area contributed by atoms with Gasteiger partial charge in [-0.25, -0.2) is 0 Å². The zero-order chi connectivity index (χ0) is 14.1. The normalized spacial score (nSPS) is 10.6. The van der Waals surface area contributed by atoms with Crippen LogP contribution in [0, 0.1) is 0 Å². The van der Waals surface area contributed by atoms with Gasteiger partial charge in [0.15, 0.2) is 11.5 Å². The Morgan fingerprint density at radius 1 is 1.47 bits per heavy atom. The number of carbonyl (C=O) groups excluding carboxylic acids is 1. The van der Waals surface area contributed by atoms with E-state index in [4.69, 9.17) is 10.5 Å². The molecule has 1 amide bonds. The SMILES string of the molecule is COc1cc(/C=C/C(=O)NCCCCN)ccc1O. The van der Waals surface area contributed by atoms with E-state index in [1.54, 1.807) is 18.2 Å². The van der Waals surface area contributed by atoms with Crippen molar-refractivity contribution in [2.75, 3.05) is 20.2 Å². The largest absolute Gasteiger partial charge is 0.504 e. The Bertz CT molecular complexity index is 444. The standard InChI is InChI=1S/C14H20N2O3/c1-19-13-10-11(4-6-12(13)17)5-7-14(18)16-9-3-2-8-15/h4-7,10,17H,2-3,8-9,15H2,1H3,(H,16,18)/b7-5+. The molecule has 0 aliphatic carbocycles. The average molecular weight is 264 g/mol. The lowest BCUT2D eigenvalue weighted by Crippen LogP contribution is -2.22. The van der Waals surface area contributed by atoms with Crippen molar-refractivity contribution < 1.29 is 14.6 Å². The number of methoxy groups -OCH3 is 1. The number of rotatable bonds is 7. The fourth-order valence-electron chi connectivity index (χ4n) is 1.51. The van der Waals surface area contributed by atoms with Crippen LogP contribution in [0.1, 0.15) is 18.4 Å². The highest BCUT2D eigenvalue weighted by molar-refractivity contribution is 5.91. The highest BCUT2D eigenvalue weighted by atomic mass is 16.5. The molecule has 0 spiro atoms. The van der Waals surface area contributed by atoms with E-state index in [0.29, 0.717) is 18.8 Å². The molecule has 1 aromatic carbocycles. The minimum Gasteiger partial charge on any atom is -0.504 e. The number of nitrogens with one attached hydrogen (secondary N) is 1. The summed E-state index contributed by atoms with van der Waals surface area (Å²) >= 11 is 0. The predicted molar refractivity (Wildman–Crippen MR) is 75.0 cm³/mol. The number of phenols is 1. The second-order valence-electron chi connectivity index (χ2n) is 4.05. The summed E-state index contributed by atoms with van der Waals surface area (Å²) in [6, 6.07) is 4.89. The van der Waals surface area contributed by atoms with Crippen LogP contribution in [0.3, 0.4) is 0 Å². The van der Waals surface area contributed by atoms with Crippen molar-refractivity contribution in [1.29, 1.82) is 0 Å². The summed E-state index contributed by atoms with van der Waals surface area (Å²) in [5.41, 5.74) is 6.14. The summed E-state index contributed by atoms with van der Waals surface area (Å²) in [5, 5.41) is 12.2. The first-order valence-electron chi connectivity index (χ1n) is 6.20. The van der Waals surface area contributed by atoms with Gasteiger partial charge < -0.3 is 20.9 Å². The van der Waals surface area contributed by atoms with E-state index in [2.05, 4.69) is 5.32 Å². The molecule has 0 bridgehead atoms. The van der Waals surface area contributed by atoms with Gasteiger partial charge in [-0.15, -0.1) is 0 Å². The van der Waals surface area contributed by atoms with E-state index >= 15 is 0 Å². The van der Waals surface area contributed by atoms with E-state index in [1.807, 2.05) is 0 Å². The molecule has 1 aromatic rings. The maximum Gasteiger partial charge on any atom is 0.243 e. The van der Waals surface area contributed by atoms with E-state index in [0.717, 1.165) is 18.4 Å². The van der Waals surface area contributed by atoms with Crippen LogP contribution in [0.2, 0.25) is 0 Å². The summed E-state index contributed by atoms with van der Waals surface area (Å²) in [6.45, 7) is 1.26. The number of ether oxygens (including phenoxy) is 1. The Hall–Kier alpha value is -2.01. The third-order valence-corrected chi connectivity index (χ3v) is 2.56. The minimum atomic E-state index is -0.149. The van der Waals surface area contributed by atoms with Crippen LogP contribution < -0.4 is 15.8 Å². The lowest BCUT2D eigenvalue weighted by atomic mass is 10.2. The summed E-state index contributed by atoms with van der Waals surface area (Å²) in [6.07, 6.45) is 4.90. The lowest BCUT2D eigenvalue weighted by Gasteiger charge is -2.04. The first kappa shape index (κ1) is 15.0. The van der Waals surface area contributed by atoms with Crippen LogP contribution in [-0.4, -0.2) is 31.2 Å². The number of phenolic OH excluding ortho intramolecular Hbond substituents is 1. The molecule has 0 saturated carbocycles. The third kappa shape index (κ3) is 5.44. The van der Waals surface area contributed by atoms with Crippen molar-refractivity contribution in [2.45, 2.75) is 12.8 Å². The Balaban J connectivity index is 2.49. The van der Waals surface area contributed by atoms with Gasteiger partial charge in [0.25, 0.3) is 0 Å². The maximum atomic E-state index is 11.5. The molecule has 19 heavy (non-hydrogen) atoms. The van der Waals surface area contributed by atoms with Crippen LogP contribution in [-0.2, 0) is 4.79 Å². The molecule has 0 aliphatic rings. The number of hydrogen-bond acceptors (Lipinski definition) is 4. The van der Waals surface area contributed by atoms with Gasteiger partial charge in [0.2, 0.25) is 5.91 Å². The van der Waals surface area contributed by atoms with Crippen molar-refractivity contribution in [3.8, 4) is 11.5 Å². The first-order valence-corrected chi connectivity index (χ1v) is 6.20. The van der Waals surface area contributed by atoms with Crippen LogP contribution in [0.15, 0.2) is 24.3 Å². The van der Waals surface area contributed by atoms with E-state index in [-0.39, 0.29) is 11.7 Å². The van der Waals surface area contributed by atoms with E-state index in [9.17, 15) is 9.90 Å². The smallest absolute Gasteiger partial charge is 0.243 e. The highest BCUT2D eigenvalue weighted by Crippen LogP contribution is 2.26. The zero-order valence-electron chi connectivity index (χ0n) is 11.1. The van der Waals surface area contributed by atoms with Gasteiger partial charge in [-0.05, 0) is 43.2 Å². The maximum absolute atomic E-state index is 11.5. The van der Waals surface area contributed by atoms with Crippen molar-refractivity contribution in [3.63, 3.8) is 0 Å². The van der Waals surface area contributed by atoms with Crippen molar-refractivity contribution >= 4 is 12.0 Å². The number of unbranched alkanes of at least 4 members (excludes halogenated alkanes) is 1. The molecule has 0 unspecified atom stereocenters. The monoisotopic (exact) mass is 264 g/mol. The fourth-order valence-corrected chi connectivity index (χ4v) is 1.51. The Labute approximate surface area is 113 Å². The second kappa shape index (κ2) is 8.16. The Morgan fingerprint density at radius 3 is 2.95 bits per heavy atom. The van der Waals surface area contributed by atoms with Gasteiger partial charge in [0, 0.05) is 12.6 Å². The number of carbonyl (C=O) groups is 1. The molecule has 104 valence electrons. The topological polar surface area (TPSA) is 84.6 Å². The predicted octanol–water partition coefficient (Wildman–Crippen LogP) is 1.27. The minimum absolute atomic E-state index is 0.0749. The average Bonchev–Trinajstić information content (AvgIpc) is 2.42. The molecule has 0 heterocycles. The van der Waals surface area contributed by atoms with Gasteiger partial charge in [-0.2, -0.15) is 0 Å². The Morgan fingerprint density at radius 2 is 2.26 bits per heavy atom. The molecule has 0 saturated heterocycles. The van der Waals surface area contributed by atoms with Gasteiger partial charge in [0.1, 0.15) is 0 Å². The van der Waals surface area contributed by atoms with E-state index < -0.39 is 0 Å². The quantitative estimate of drug-likeness (QED) is 0.511. The first-order chi connectivity index (χ1) is 9.17. The molecular weight excluding hydrogens is 244 g/mol. The molecule has 0 atom stereocenters. The number of nitrogens with two attached hydrogens (primary N) is 1. The number of aromatic hydroxyl groups is 1. The molecule has 4 N–H and O–H groups in total. The third-order valence-electron chi connectivity index (χ3n) is 2.56. The molecule has 0 fully saturated rings. The van der Waals surface area contributed by atoms with Gasteiger partial charge in [0.05, 0.1) is 7.11 Å². The molecule has 1 rings (SSSR count). The summed E-state index contributed by atoms with van der Waals surface area (Å²) < 4.78 is 4.99. The molecule has 0 aliphatic heterocycles. The second-order valence-corrected chi connectivity index (χ2v) is 4.05. The van der Waals surface area contributed by atoms with Crippen molar-refractivity contribution in [2.24, 2.45) is 5.73 Å². The highest BCUT2D eigenvalue weighted by Gasteiger charge is 2.01. The number of amides is 1. The molecule has 0 aromatic heterocycles. The van der Waals surface area contributed by atoms with Crippen molar-refractivity contribution in [1.82, 2.24) is 5.32 Å². The molecule has 0 radical (unpaired) electrons. The molecule has 5 nitrogen and oxygen atoms in total. The van der Waals surface area contributed by atoms with Crippen molar-refractivity contribution in [3.05, 3.63) is 29.8 Å². The van der Waals surface area contributed by atoms with Gasteiger partial charge in [-0.3, -0.25) is 4.79 Å². The fraction of sp³-hybridized carbons (Fsp3) is 0.357. The molecular formula is C14H20N2O3. The number of hydrogen-bond donors (Lipinski definition) is 3. The lowest BCUT2D eigenvalue weighted by molar-refractivity contribution is -0.116. The van der Waals surface area contributed by atoms with Crippen LogP contribution >= 0.6 is 0 Å². The number of benzene rings is 1. The Kier molecular flexibility index (Phi) is 6.46. The van der Waals surface area contributed by atoms with Gasteiger partial charge >= 0.3 is 0 Å².